The van der Waals surface area contributed by atoms with Crippen LogP contribution in [0.5, 0.6) is 11.5 Å². The van der Waals surface area contributed by atoms with E-state index in [9.17, 15) is 0 Å². The van der Waals surface area contributed by atoms with Crippen LogP contribution in [0.25, 0.3) is 10.8 Å². The molecule has 0 saturated heterocycles. The highest BCUT2D eigenvalue weighted by atomic mass is 16.5. The zero-order chi connectivity index (χ0) is 14.2. The summed E-state index contributed by atoms with van der Waals surface area (Å²) in [5.41, 5.74) is 0. The third-order valence-electron chi connectivity index (χ3n) is 2.92. The van der Waals surface area contributed by atoms with Crippen LogP contribution in [-0.2, 0) is 9.47 Å². The third-order valence-corrected chi connectivity index (χ3v) is 2.92. The summed E-state index contributed by atoms with van der Waals surface area (Å²) in [5.74, 6) is 1.63. The Morgan fingerprint density at radius 2 is 1.20 bits per heavy atom. The fourth-order valence-electron chi connectivity index (χ4n) is 1.98. The second-order valence-electron chi connectivity index (χ2n) is 4.29. The predicted octanol–water partition coefficient (Wildman–Crippen LogP) is 2.89. The maximum absolute atomic E-state index is 5.77. The van der Waals surface area contributed by atoms with Gasteiger partial charge >= 0.3 is 0 Å². The molecule has 0 unspecified atom stereocenters. The highest BCUT2D eigenvalue weighted by Gasteiger charge is 2.08. The highest BCUT2D eigenvalue weighted by molar-refractivity contribution is 5.93. The standard InChI is InChI=1S/C16H20O4/c1-17-9-11-19-14-7-3-5-13-6-4-8-15(16(13)14)20-12-10-18-2/h3-8H,9-12H2,1-2H3. The lowest BCUT2D eigenvalue weighted by Gasteiger charge is -2.13. The number of ether oxygens (including phenoxy) is 4. The third kappa shape index (κ3) is 3.62. The van der Waals surface area contributed by atoms with Gasteiger partial charge in [-0.25, -0.2) is 0 Å². The van der Waals surface area contributed by atoms with Crippen molar-refractivity contribution in [1.29, 1.82) is 0 Å². The van der Waals surface area contributed by atoms with Crippen molar-refractivity contribution in [2.24, 2.45) is 0 Å². The largest absolute Gasteiger partial charge is 0.490 e. The second-order valence-corrected chi connectivity index (χ2v) is 4.29. The smallest absolute Gasteiger partial charge is 0.130 e. The quantitative estimate of drug-likeness (QED) is 0.695. The fraction of sp³-hybridized carbons (Fsp3) is 0.375. The van der Waals surface area contributed by atoms with Crippen LogP contribution in [0.15, 0.2) is 36.4 Å². The topological polar surface area (TPSA) is 36.9 Å². The summed E-state index contributed by atoms with van der Waals surface area (Å²) in [6, 6.07) is 11.9. The molecule has 0 atom stereocenters. The van der Waals surface area contributed by atoms with Crippen molar-refractivity contribution < 1.29 is 18.9 Å². The Balaban J connectivity index is 2.26. The number of hydrogen-bond donors (Lipinski definition) is 0. The molecule has 2 aromatic carbocycles. The zero-order valence-corrected chi connectivity index (χ0v) is 11.9. The van der Waals surface area contributed by atoms with E-state index in [-0.39, 0.29) is 0 Å². The van der Waals surface area contributed by atoms with E-state index in [1.165, 1.54) is 0 Å². The van der Waals surface area contributed by atoms with E-state index in [1.807, 2.05) is 36.4 Å². The lowest BCUT2D eigenvalue weighted by Crippen LogP contribution is -2.06. The van der Waals surface area contributed by atoms with Crippen LogP contribution in [0.4, 0.5) is 0 Å². The molecular weight excluding hydrogens is 256 g/mol. The molecular formula is C16H20O4. The Hall–Kier alpha value is -1.78. The second kappa shape index (κ2) is 7.72. The average Bonchev–Trinajstić information content (AvgIpc) is 2.48. The first-order valence-corrected chi connectivity index (χ1v) is 6.62. The van der Waals surface area contributed by atoms with Crippen molar-refractivity contribution in [3.63, 3.8) is 0 Å². The molecule has 0 saturated carbocycles. The first kappa shape index (κ1) is 14.6. The Morgan fingerprint density at radius 1 is 0.700 bits per heavy atom. The lowest BCUT2D eigenvalue weighted by molar-refractivity contribution is 0.144. The highest BCUT2D eigenvalue weighted by Crippen LogP contribution is 2.33. The van der Waals surface area contributed by atoms with Gasteiger partial charge in [0.1, 0.15) is 24.7 Å². The first-order valence-electron chi connectivity index (χ1n) is 6.62. The SMILES string of the molecule is COCCOc1cccc2cccc(OCCOC)c12. The van der Waals surface area contributed by atoms with E-state index < -0.39 is 0 Å². The summed E-state index contributed by atoms with van der Waals surface area (Å²) in [6.45, 7) is 2.15. The maximum Gasteiger partial charge on any atom is 0.130 e. The van der Waals surface area contributed by atoms with Crippen molar-refractivity contribution in [2.45, 2.75) is 0 Å². The molecule has 4 heteroatoms. The van der Waals surface area contributed by atoms with E-state index in [0.29, 0.717) is 26.4 Å². The van der Waals surface area contributed by atoms with E-state index in [2.05, 4.69) is 0 Å². The van der Waals surface area contributed by atoms with Crippen LogP contribution in [0.1, 0.15) is 0 Å². The Kier molecular flexibility index (Phi) is 5.65. The van der Waals surface area contributed by atoms with Gasteiger partial charge in [-0.15, -0.1) is 0 Å². The Morgan fingerprint density at radius 3 is 1.65 bits per heavy atom. The number of methoxy groups -OCH3 is 2. The van der Waals surface area contributed by atoms with Gasteiger partial charge in [-0.2, -0.15) is 0 Å². The predicted molar refractivity (Wildman–Crippen MR) is 78.7 cm³/mol. The van der Waals surface area contributed by atoms with Crippen molar-refractivity contribution >= 4 is 10.8 Å². The molecule has 0 N–H and O–H groups in total. The van der Waals surface area contributed by atoms with E-state index in [0.717, 1.165) is 22.3 Å². The van der Waals surface area contributed by atoms with Crippen LogP contribution >= 0.6 is 0 Å². The number of rotatable bonds is 8. The lowest BCUT2D eigenvalue weighted by atomic mass is 10.1. The maximum atomic E-state index is 5.77. The van der Waals surface area contributed by atoms with Gasteiger partial charge in [0.2, 0.25) is 0 Å². The summed E-state index contributed by atoms with van der Waals surface area (Å²) in [5, 5.41) is 2.08. The van der Waals surface area contributed by atoms with E-state index in [1.54, 1.807) is 14.2 Å². The van der Waals surface area contributed by atoms with Crippen molar-refractivity contribution in [3.05, 3.63) is 36.4 Å². The van der Waals surface area contributed by atoms with Gasteiger partial charge in [0.05, 0.1) is 18.6 Å². The molecule has 2 rings (SSSR count). The molecule has 0 aliphatic rings. The normalized spacial score (nSPS) is 10.7. The average molecular weight is 276 g/mol. The number of hydrogen-bond acceptors (Lipinski definition) is 4. The van der Waals surface area contributed by atoms with Crippen LogP contribution < -0.4 is 9.47 Å². The van der Waals surface area contributed by atoms with Gasteiger partial charge < -0.3 is 18.9 Å². The van der Waals surface area contributed by atoms with Gasteiger partial charge in [0.25, 0.3) is 0 Å². The number of fused-ring (bicyclic) bond motifs is 1. The Labute approximate surface area is 119 Å². The molecule has 0 heterocycles. The first-order chi connectivity index (χ1) is 9.86. The van der Waals surface area contributed by atoms with Gasteiger partial charge in [-0.1, -0.05) is 24.3 Å². The Bertz CT molecular complexity index is 494. The molecule has 0 radical (unpaired) electrons. The van der Waals surface area contributed by atoms with Gasteiger partial charge in [-0.05, 0) is 17.5 Å². The zero-order valence-electron chi connectivity index (χ0n) is 11.9. The van der Waals surface area contributed by atoms with Crippen LogP contribution in [0.2, 0.25) is 0 Å². The summed E-state index contributed by atoms with van der Waals surface area (Å²) >= 11 is 0. The molecule has 4 nitrogen and oxygen atoms in total. The molecule has 0 aliphatic carbocycles. The summed E-state index contributed by atoms with van der Waals surface area (Å²) in [4.78, 5) is 0. The molecule has 108 valence electrons. The minimum absolute atomic E-state index is 0.516. The molecule has 0 spiro atoms. The minimum Gasteiger partial charge on any atom is -0.490 e. The number of benzene rings is 2. The van der Waals surface area contributed by atoms with Gasteiger partial charge in [0.15, 0.2) is 0 Å². The van der Waals surface area contributed by atoms with E-state index in [4.69, 9.17) is 18.9 Å². The minimum atomic E-state index is 0.516. The van der Waals surface area contributed by atoms with Crippen molar-refractivity contribution in [2.75, 3.05) is 40.6 Å². The van der Waals surface area contributed by atoms with Crippen molar-refractivity contribution in [3.8, 4) is 11.5 Å². The van der Waals surface area contributed by atoms with Gasteiger partial charge in [-0.3, -0.25) is 0 Å². The fourth-order valence-corrected chi connectivity index (χ4v) is 1.98. The van der Waals surface area contributed by atoms with Crippen LogP contribution in [0, 0.1) is 0 Å². The molecule has 0 aliphatic heterocycles. The van der Waals surface area contributed by atoms with Crippen LogP contribution in [-0.4, -0.2) is 40.6 Å². The summed E-state index contributed by atoms with van der Waals surface area (Å²) < 4.78 is 21.6. The molecule has 0 bridgehead atoms. The van der Waals surface area contributed by atoms with E-state index >= 15 is 0 Å². The summed E-state index contributed by atoms with van der Waals surface area (Å²) in [6.07, 6.45) is 0. The summed E-state index contributed by atoms with van der Waals surface area (Å²) in [7, 11) is 3.32. The monoisotopic (exact) mass is 276 g/mol. The molecule has 0 fully saturated rings. The van der Waals surface area contributed by atoms with Gasteiger partial charge in [0, 0.05) is 14.2 Å². The molecule has 0 amide bonds. The van der Waals surface area contributed by atoms with Crippen molar-refractivity contribution in [1.82, 2.24) is 0 Å². The van der Waals surface area contributed by atoms with Crippen LogP contribution in [0.3, 0.4) is 0 Å². The molecule has 0 aromatic heterocycles. The molecule has 2 aromatic rings. The molecule has 20 heavy (non-hydrogen) atoms.